The Morgan fingerprint density at radius 2 is 1.93 bits per heavy atom. The average molecular weight is 410 g/mol. The quantitative estimate of drug-likeness (QED) is 0.528. The number of nitrogens with one attached hydrogen (secondary N) is 1. The van der Waals surface area contributed by atoms with Crippen molar-refractivity contribution in [1.29, 1.82) is 0 Å². The first-order valence-electron chi connectivity index (χ1n) is 9.23. The van der Waals surface area contributed by atoms with Crippen LogP contribution in [0.2, 0.25) is 5.02 Å². The minimum Gasteiger partial charge on any atom is -0.311 e. The van der Waals surface area contributed by atoms with Crippen LogP contribution in [-0.2, 0) is 17.8 Å². The summed E-state index contributed by atoms with van der Waals surface area (Å²) in [6.45, 7) is 4.44. The van der Waals surface area contributed by atoms with Crippen LogP contribution in [0.4, 0.5) is 5.82 Å². The Balaban J connectivity index is 1.42. The number of halogens is 1. The van der Waals surface area contributed by atoms with E-state index in [0.29, 0.717) is 36.0 Å². The van der Waals surface area contributed by atoms with Crippen LogP contribution in [0.25, 0.3) is 5.78 Å². The van der Waals surface area contributed by atoms with Crippen molar-refractivity contribution in [2.24, 2.45) is 0 Å². The number of carbonyl (C=O) groups is 1. The molecule has 0 fully saturated rings. The largest absolute Gasteiger partial charge is 0.311 e. The Hall–Kier alpha value is -3.26. The number of benzene rings is 1. The maximum atomic E-state index is 12.5. The standard InChI is InChI=1S/C20H20ClN7O/c1-13-17(14(2)28-20(25-13)22-12-24-28)7-8-19(29)26-18-9-10-23-27(18)11-15-3-5-16(21)6-4-15/h3-6,9-10,12H,7-8,11H2,1-2H3,(H,26,29). The van der Waals surface area contributed by atoms with E-state index in [9.17, 15) is 4.79 Å². The Bertz CT molecular complexity index is 1160. The van der Waals surface area contributed by atoms with E-state index in [1.54, 1.807) is 21.5 Å². The smallest absolute Gasteiger partial charge is 0.252 e. The van der Waals surface area contributed by atoms with Crippen molar-refractivity contribution in [2.75, 3.05) is 5.32 Å². The fraction of sp³-hybridized carbons (Fsp3) is 0.250. The van der Waals surface area contributed by atoms with E-state index >= 15 is 0 Å². The lowest BCUT2D eigenvalue weighted by Crippen LogP contribution is -2.17. The van der Waals surface area contributed by atoms with E-state index in [4.69, 9.17) is 11.6 Å². The highest BCUT2D eigenvalue weighted by Gasteiger charge is 2.14. The minimum atomic E-state index is -0.0830. The minimum absolute atomic E-state index is 0.0830. The van der Waals surface area contributed by atoms with Crippen LogP contribution in [-0.4, -0.2) is 35.3 Å². The zero-order valence-electron chi connectivity index (χ0n) is 16.1. The molecule has 0 aliphatic carbocycles. The van der Waals surface area contributed by atoms with E-state index in [1.807, 2.05) is 38.1 Å². The van der Waals surface area contributed by atoms with Gasteiger partial charge in [-0.3, -0.25) is 4.79 Å². The topological polar surface area (TPSA) is 90.0 Å². The van der Waals surface area contributed by atoms with Gasteiger partial charge in [-0.25, -0.2) is 14.2 Å². The number of anilines is 1. The van der Waals surface area contributed by atoms with Gasteiger partial charge in [-0.15, -0.1) is 0 Å². The second-order valence-corrected chi connectivity index (χ2v) is 7.22. The molecule has 29 heavy (non-hydrogen) atoms. The van der Waals surface area contributed by atoms with E-state index in [2.05, 4.69) is 25.5 Å². The lowest BCUT2D eigenvalue weighted by atomic mass is 10.1. The lowest BCUT2D eigenvalue weighted by Gasteiger charge is -2.11. The van der Waals surface area contributed by atoms with Crippen molar-refractivity contribution in [3.8, 4) is 0 Å². The van der Waals surface area contributed by atoms with Gasteiger partial charge in [0.25, 0.3) is 5.78 Å². The number of hydrogen-bond acceptors (Lipinski definition) is 5. The van der Waals surface area contributed by atoms with Crippen molar-refractivity contribution >= 4 is 29.1 Å². The summed E-state index contributed by atoms with van der Waals surface area (Å²) in [7, 11) is 0. The van der Waals surface area contributed by atoms with Gasteiger partial charge in [0.15, 0.2) is 0 Å². The Morgan fingerprint density at radius 3 is 2.72 bits per heavy atom. The van der Waals surface area contributed by atoms with Gasteiger partial charge in [-0.05, 0) is 43.5 Å². The first-order chi connectivity index (χ1) is 14.0. The molecule has 8 nitrogen and oxygen atoms in total. The maximum Gasteiger partial charge on any atom is 0.252 e. The molecule has 0 spiro atoms. The third kappa shape index (κ3) is 4.12. The molecule has 3 heterocycles. The van der Waals surface area contributed by atoms with Crippen molar-refractivity contribution < 1.29 is 4.79 Å². The summed E-state index contributed by atoms with van der Waals surface area (Å²) in [5.41, 5.74) is 3.87. The fourth-order valence-electron chi connectivity index (χ4n) is 3.29. The predicted molar refractivity (Wildman–Crippen MR) is 110 cm³/mol. The van der Waals surface area contributed by atoms with Gasteiger partial charge in [-0.1, -0.05) is 23.7 Å². The number of fused-ring (bicyclic) bond motifs is 1. The van der Waals surface area contributed by atoms with Crippen LogP contribution in [0, 0.1) is 13.8 Å². The van der Waals surface area contributed by atoms with E-state index < -0.39 is 0 Å². The summed E-state index contributed by atoms with van der Waals surface area (Å²) < 4.78 is 3.45. The Morgan fingerprint density at radius 1 is 1.14 bits per heavy atom. The maximum absolute atomic E-state index is 12.5. The number of aromatic nitrogens is 6. The first kappa shape index (κ1) is 19.1. The molecule has 0 aliphatic heterocycles. The molecule has 0 aliphatic rings. The molecule has 148 valence electrons. The molecule has 0 bridgehead atoms. The molecule has 0 saturated carbocycles. The van der Waals surface area contributed by atoms with Crippen LogP contribution in [0.1, 0.15) is 28.9 Å². The van der Waals surface area contributed by atoms with Crippen molar-refractivity contribution in [3.05, 3.63) is 70.4 Å². The zero-order valence-corrected chi connectivity index (χ0v) is 16.9. The third-order valence-electron chi connectivity index (χ3n) is 4.82. The predicted octanol–water partition coefficient (Wildman–Crippen LogP) is 3.21. The molecule has 0 saturated heterocycles. The zero-order chi connectivity index (χ0) is 20.4. The first-order valence-corrected chi connectivity index (χ1v) is 9.61. The molecule has 0 unspecified atom stereocenters. The van der Waals surface area contributed by atoms with E-state index in [-0.39, 0.29) is 5.91 Å². The summed E-state index contributed by atoms with van der Waals surface area (Å²) >= 11 is 5.93. The van der Waals surface area contributed by atoms with Crippen LogP contribution >= 0.6 is 11.6 Å². The van der Waals surface area contributed by atoms with Crippen LogP contribution in [0.3, 0.4) is 0 Å². The number of carbonyl (C=O) groups excluding carboxylic acids is 1. The second kappa shape index (κ2) is 8.00. The van der Waals surface area contributed by atoms with Gasteiger partial charge >= 0.3 is 0 Å². The van der Waals surface area contributed by atoms with Gasteiger partial charge < -0.3 is 5.32 Å². The van der Waals surface area contributed by atoms with E-state index in [0.717, 1.165) is 22.5 Å². The number of aryl methyl sites for hydroxylation is 2. The monoisotopic (exact) mass is 409 g/mol. The fourth-order valence-corrected chi connectivity index (χ4v) is 3.41. The Labute approximate surface area is 172 Å². The molecule has 1 aromatic carbocycles. The number of rotatable bonds is 6. The van der Waals surface area contributed by atoms with Crippen molar-refractivity contribution in [2.45, 2.75) is 33.2 Å². The molecule has 4 aromatic rings. The molecular formula is C20H20ClN7O. The molecular weight excluding hydrogens is 390 g/mol. The van der Waals surface area contributed by atoms with Gasteiger partial charge in [-0.2, -0.15) is 15.2 Å². The summed E-state index contributed by atoms with van der Waals surface area (Å²) in [6, 6.07) is 9.34. The molecule has 3 aromatic heterocycles. The molecule has 0 atom stereocenters. The van der Waals surface area contributed by atoms with Crippen molar-refractivity contribution in [3.63, 3.8) is 0 Å². The van der Waals surface area contributed by atoms with Crippen LogP contribution in [0.15, 0.2) is 42.9 Å². The number of nitrogens with zero attached hydrogens (tertiary/aromatic N) is 6. The van der Waals surface area contributed by atoms with E-state index in [1.165, 1.54) is 6.33 Å². The summed E-state index contributed by atoms with van der Waals surface area (Å²) in [5, 5.41) is 12.1. The molecule has 4 rings (SSSR count). The van der Waals surface area contributed by atoms with Gasteiger partial charge in [0.1, 0.15) is 12.1 Å². The van der Waals surface area contributed by atoms with Crippen molar-refractivity contribution in [1.82, 2.24) is 29.4 Å². The van der Waals surface area contributed by atoms with Crippen LogP contribution in [0.5, 0.6) is 0 Å². The molecule has 0 radical (unpaired) electrons. The highest BCUT2D eigenvalue weighted by Crippen LogP contribution is 2.17. The molecule has 9 heteroatoms. The highest BCUT2D eigenvalue weighted by molar-refractivity contribution is 6.30. The number of amides is 1. The molecule has 1 N–H and O–H groups in total. The lowest BCUT2D eigenvalue weighted by molar-refractivity contribution is -0.116. The molecule has 1 amide bonds. The normalized spacial score (nSPS) is 11.1. The second-order valence-electron chi connectivity index (χ2n) is 6.78. The van der Waals surface area contributed by atoms with Gasteiger partial charge in [0, 0.05) is 28.9 Å². The SMILES string of the molecule is Cc1nc2ncnn2c(C)c1CCC(=O)Nc1ccnn1Cc1ccc(Cl)cc1. The summed E-state index contributed by atoms with van der Waals surface area (Å²) in [6.07, 6.45) is 4.04. The van der Waals surface area contributed by atoms with Crippen LogP contribution < -0.4 is 5.32 Å². The number of hydrogen-bond donors (Lipinski definition) is 1. The summed E-state index contributed by atoms with van der Waals surface area (Å²) in [5.74, 6) is 1.14. The van der Waals surface area contributed by atoms with Gasteiger partial charge in [0.05, 0.1) is 12.7 Å². The highest BCUT2D eigenvalue weighted by atomic mass is 35.5. The average Bonchev–Trinajstić information content (AvgIpc) is 3.33. The summed E-state index contributed by atoms with van der Waals surface area (Å²) in [4.78, 5) is 21.1. The Kier molecular flexibility index (Phi) is 5.26. The van der Waals surface area contributed by atoms with Gasteiger partial charge in [0.2, 0.25) is 5.91 Å². The third-order valence-corrected chi connectivity index (χ3v) is 5.07.